The van der Waals surface area contributed by atoms with Crippen molar-refractivity contribution < 1.29 is 0 Å². The van der Waals surface area contributed by atoms with Gasteiger partial charge >= 0.3 is 0 Å². The van der Waals surface area contributed by atoms with Crippen molar-refractivity contribution in [2.24, 2.45) is 0 Å². The standard InChI is InChI=1S/C17H16/c1-2-3-14-17(15-10-6-4-7-11-15)16-12-8-5-9-13-16/h3-13,17H,1,14H2. The zero-order valence-electron chi connectivity index (χ0n) is 9.84. The lowest BCUT2D eigenvalue weighted by Crippen LogP contribution is -1.99. The number of hydrogen-bond acceptors (Lipinski definition) is 0. The summed E-state index contributed by atoms with van der Waals surface area (Å²) >= 11 is 0. The molecule has 0 fully saturated rings. The van der Waals surface area contributed by atoms with Crippen molar-refractivity contribution in [3.63, 3.8) is 0 Å². The van der Waals surface area contributed by atoms with E-state index in [1.54, 1.807) is 0 Å². The minimum absolute atomic E-state index is 0.395. The summed E-state index contributed by atoms with van der Waals surface area (Å²) in [4.78, 5) is 0. The lowest BCUT2D eigenvalue weighted by atomic mass is 9.89. The van der Waals surface area contributed by atoms with Gasteiger partial charge in [0.2, 0.25) is 0 Å². The van der Waals surface area contributed by atoms with E-state index in [9.17, 15) is 0 Å². The fourth-order valence-corrected chi connectivity index (χ4v) is 2.04. The first-order chi connectivity index (χ1) is 8.42. The Labute approximate surface area is 103 Å². The molecule has 0 aliphatic rings. The summed E-state index contributed by atoms with van der Waals surface area (Å²) in [6, 6.07) is 21.1. The van der Waals surface area contributed by atoms with E-state index < -0.39 is 0 Å². The van der Waals surface area contributed by atoms with E-state index in [4.69, 9.17) is 0 Å². The highest BCUT2D eigenvalue weighted by atomic mass is 14.1. The van der Waals surface area contributed by atoms with Gasteiger partial charge in [0.25, 0.3) is 0 Å². The number of allylic oxidation sites excluding steroid dienone is 1. The molecule has 2 aromatic rings. The average molecular weight is 220 g/mol. The van der Waals surface area contributed by atoms with E-state index in [0.717, 1.165) is 6.42 Å². The van der Waals surface area contributed by atoms with Crippen LogP contribution in [0.5, 0.6) is 0 Å². The summed E-state index contributed by atoms with van der Waals surface area (Å²) in [6.07, 6.45) is 2.95. The number of hydrogen-bond donors (Lipinski definition) is 0. The molecule has 0 radical (unpaired) electrons. The third kappa shape index (κ3) is 2.96. The Balaban J connectivity index is 2.35. The van der Waals surface area contributed by atoms with Gasteiger partial charge in [0.05, 0.1) is 0 Å². The van der Waals surface area contributed by atoms with Crippen molar-refractivity contribution in [1.82, 2.24) is 0 Å². The Morgan fingerprint density at radius 1 is 0.882 bits per heavy atom. The molecule has 84 valence electrons. The summed E-state index contributed by atoms with van der Waals surface area (Å²) in [6.45, 7) is 3.64. The fourth-order valence-electron chi connectivity index (χ4n) is 2.04. The topological polar surface area (TPSA) is 0 Å². The molecule has 0 bridgehead atoms. The summed E-state index contributed by atoms with van der Waals surface area (Å²) in [7, 11) is 0. The normalized spacial score (nSPS) is 9.94. The van der Waals surface area contributed by atoms with Crippen LogP contribution in [0.3, 0.4) is 0 Å². The van der Waals surface area contributed by atoms with Gasteiger partial charge in [-0.1, -0.05) is 67.2 Å². The Morgan fingerprint density at radius 3 is 1.76 bits per heavy atom. The second-order valence-electron chi connectivity index (χ2n) is 4.02. The van der Waals surface area contributed by atoms with E-state index in [-0.39, 0.29) is 0 Å². The maximum Gasteiger partial charge on any atom is 0.0130 e. The Bertz CT molecular complexity index is 451. The quantitative estimate of drug-likeness (QED) is 0.663. The molecule has 0 unspecified atom stereocenters. The van der Waals surface area contributed by atoms with E-state index in [1.165, 1.54) is 11.1 Å². The molecule has 17 heavy (non-hydrogen) atoms. The van der Waals surface area contributed by atoms with Gasteiger partial charge in [-0.15, -0.1) is 5.73 Å². The lowest BCUT2D eigenvalue weighted by Gasteiger charge is -2.15. The highest BCUT2D eigenvalue weighted by molar-refractivity contribution is 5.32. The predicted octanol–water partition coefficient (Wildman–Crippen LogP) is 4.55. The predicted molar refractivity (Wildman–Crippen MR) is 73.1 cm³/mol. The second kappa shape index (κ2) is 5.89. The molecule has 0 N–H and O–H groups in total. The molecule has 0 aliphatic heterocycles. The highest BCUT2D eigenvalue weighted by Gasteiger charge is 2.11. The molecule has 0 saturated carbocycles. The maximum absolute atomic E-state index is 3.64. The van der Waals surface area contributed by atoms with Crippen LogP contribution in [0.25, 0.3) is 0 Å². The largest absolute Gasteiger partial charge is 0.133 e. The molecule has 2 rings (SSSR count). The van der Waals surface area contributed by atoms with Crippen LogP contribution in [0.15, 0.2) is 79.0 Å². The van der Waals surface area contributed by atoms with Crippen molar-refractivity contribution in [2.75, 3.05) is 0 Å². The first kappa shape index (κ1) is 11.4. The molecule has 0 heterocycles. The minimum atomic E-state index is 0.395. The van der Waals surface area contributed by atoms with E-state index in [1.807, 2.05) is 6.08 Å². The molecule has 0 nitrogen and oxygen atoms in total. The minimum Gasteiger partial charge on any atom is -0.133 e. The summed E-state index contributed by atoms with van der Waals surface area (Å²) in [5, 5.41) is 0. The van der Waals surface area contributed by atoms with E-state index >= 15 is 0 Å². The van der Waals surface area contributed by atoms with Crippen LogP contribution < -0.4 is 0 Å². The molecule has 0 amide bonds. The van der Waals surface area contributed by atoms with Gasteiger partial charge in [-0.25, -0.2) is 0 Å². The molecule has 0 saturated heterocycles. The molecule has 0 spiro atoms. The van der Waals surface area contributed by atoms with E-state index in [0.29, 0.717) is 5.92 Å². The SMILES string of the molecule is C=C=CCC(c1ccccc1)c1ccccc1. The van der Waals surface area contributed by atoms with Crippen molar-refractivity contribution in [3.8, 4) is 0 Å². The Morgan fingerprint density at radius 2 is 1.35 bits per heavy atom. The molecule has 0 heteroatoms. The lowest BCUT2D eigenvalue weighted by molar-refractivity contribution is 0.830. The Kier molecular flexibility index (Phi) is 3.96. The summed E-state index contributed by atoms with van der Waals surface area (Å²) in [5.41, 5.74) is 5.54. The van der Waals surface area contributed by atoms with Gasteiger partial charge in [-0.3, -0.25) is 0 Å². The zero-order chi connectivity index (χ0) is 11.9. The first-order valence-electron chi connectivity index (χ1n) is 5.86. The van der Waals surface area contributed by atoms with Crippen molar-refractivity contribution in [2.45, 2.75) is 12.3 Å². The average Bonchev–Trinajstić information content (AvgIpc) is 2.42. The van der Waals surface area contributed by atoms with Gasteiger partial charge in [0.1, 0.15) is 0 Å². The molecular formula is C17H16. The van der Waals surface area contributed by atoms with Crippen LogP contribution in [0.2, 0.25) is 0 Å². The number of benzene rings is 2. The van der Waals surface area contributed by atoms with Crippen LogP contribution in [0.1, 0.15) is 23.5 Å². The van der Waals surface area contributed by atoms with Crippen molar-refractivity contribution in [3.05, 3.63) is 90.2 Å². The van der Waals surface area contributed by atoms with Crippen LogP contribution in [0, 0.1) is 0 Å². The molecule has 0 aliphatic carbocycles. The third-order valence-corrected chi connectivity index (χ3v) is 2.90. The van der Waals surface area contributed by atoms with Gasteiger partial charge in [-0.2, -0.15) is 0 Å². The van der Waals surface area contributed by atoms with Crippen molar-refractivity contribution >= 4 is 0 Å². The zero-order valence-corrected chi connectivity index (χ0v) is 9.84. The smallest absolute Gasteiger partial charge is 0.0130 e. The van der Waals surface area contributed by atoms with Gasteiger partial charge in [0.15, 0.2) is 0 Å². The van der Waals surface area contributed by atoms with Crippen LogP contribution in [-0.2, 0) is 0 Å². The summed E-state index contributed by atoms with van der Waals surface area (Å²) < 4.78 is 0. The van der Waals surface area contributed by atoms with Crippen molar-refractivity contribution in [1.29, 1.82) is 0 Å². The first-order valence-corrected chi connectivity index (χ1v) is 5.86. The van der Waals surface area contributed by atoms with Gasteiger partial charge in [0, 0.05) is 5.92 Å². The maximum atomic E-state index is 3.64. The van der Waals surface area contributed by atoms with Crippen LogP contribution in [-0.4, -0.2) is 0 Å². The third-order valence-electron chi connectivity index (χ3n) is 2.90. The molecule has 2 aromatic carbocycles. The van der Waals surface area contributed by atoms with Gasteiger partial charge in [-0.05, 0) is 23.6 Å². The van der Waals surface area contributed by atoms with Crippen LogP contribution >= 0.6 is 0 Å². The fraction of sp³-hybridized carbons (Fsp3) is 0.118. The summed E-state index contributed by atoms with van der Waals surface area (Å²) in [5.74, 6) is 0.395. The second-order valence-corrected chi connectivity index (χ2v) is 4.02. The Hall–Kier alpha value is -2.04. The molecule has 0 atom stereocenters. The van der Waals surface area contributed by atoms with E-state index in [2.05, 4.69) is 73.0 Å². The highest BCUT2D eigenvalue weighted by Crippen LogP contribution is 2.27. The molecule has 0 aromatic heterocycles. The molecular weight excluding hydrogens is 204 g/mol. The number of rotatable bonds is 4. The van der Waals surface area contributed by atoms with Crippen LogP contribution in [0.4, 0.5) is 0 Å². The monoisotopic (exact) mass is 220 g/mol. The van der Waals surface area contributed by atoms with Gasteiger partial charge < -0.3 is 0 Å².